The van der Waals surface area contributed by atoms with E-state index < -0.39 is 0 Å². The Morgan fingerprint density at radius 1 is 1.07 bits per heavy atom. The van der Waals surface area contributed by atoms with Gasteiger partial charge in [0.05, 0.1) is 19.8 Å². The molecule has 15 heavy (non-hydrogen) atoms. The van der Waals surface area contributed by atoms with Crippen LogP contribution in [0.5, 0.6) is 0 Å². The van der Waals surface area contributed by atoms with E-state index in [0.29, 0.717) is 0 Å². The van der Waals surface area contributed by atoms with Gasteiger partial charge in [0, 0.05) is 6.42 Å². The molecule has 0 saturated carbocycles. The maximum Gasteiger partial charge on any atom is 0.103 e. The molecule has 0 heterocycles. The summed E-state index contributed by atoms with van der Waals surface area (Å²) in [6.45, 7) is 9.10. The Morgan fingerprint density at radius 2 is 1.73 bits per heavy atom. The van der Waals surface area contributed by atoms with Gasteiger partial charge in [0.2, 0.25) is 0 Å². The molecule has 0 aliphatic heterocycles. The lowest BCUT2D eigenvalue weighted by atomic mass is 9.85. The van der Waals surface area contributed by atoms with Gasteiger partial charge >= 0.3 is 0 Å². The molecule has 1 rings (SSSR count). The van der Waals surface area contributed by atoms with E-state index in [4.69, 9.17) is 0 Å². The summed E-state index contributed by atoms with van der Waals surface area (Å²) in [7, 11) is 0. The summed E-state index contributed by atoms with van der Waals surface area (Å²) in [6.07, 6.45) is 11.2. The molecule has 0 saturated heterocycles. The minimum Gasteiger partial charge on any atom is -0.0853 e. The molecular formula is C15H25+. The summed E-state index contributed by atoms with van der Waals surface area (Å²) in [5, 5.41) is 0. The topological polar surface area (TPSA) is 0 Å². The number of allylic oxidation sites excluding steroid dienone is 4. The van der Waals surface area contributed by atoms with Crippen LogP contribution in [0.1, 0.15) is 59.8 Å². The summed E-state index contributed by atoms with van der Waals surface area (Å²) in [5.74, 6) is 2.38. The van der Waals surface area contributed by atoms with Crippen LogP contribution in [-0.4, -0.2) is 0 Å². The predicted octanol–water partition coefficient (Wildman–Crippen LogP) is 5.07. The Hall–Kier alpha value is -0.650. The molecule has 1 aliphatic carbocycles. The van der Waals surface area contributed by atoms with Crippen LogP contribution in [0.2, 0.25) is 0 Å². The van der Waals surface area contributed by atoms with Crippen LogP contribution in [0.3, 0.4) is 0 Å². The van der Waals surface area contributed by atoms with Gasteiger partial charge in [0.1, 0.15) is 5.92 Å². The molecule has 0 aromatic rings. The third-order valence-electron chi connectivity index (χ3n) is 3.49. The summed E-state index contributed by atoms with van der Waals surface area (Å²) in [6, 6.07) is 0. The van der Waals surface area contributed by atoms with Gasteiger partial charge in [-0.1, -0.05) is 23.3 Å². The standard InChI is InChI=1S/C15H25/c1-12(2)15-10-8-13(3)6-5-7-14(4)9-11-15/h6,9,15H,5,7-8,10-11H2,1-4H3/q+1/b13-6+,14-9+/t15-/m0/s1. The van der Waals surface area contributed by atoms with Crippen molar-refractivity contribution in [2.75, 3.05) is 0 Å². The SMILES string of the molecule is C/C1=C\C[C@@H]([C+](C)C)CC/C(C)=C/CC1. The van der Waals surface area contributed by atoms with Crippen LogP contribution >= 0.6 is 0 Å². The summed E-state index contributed by atoms with van der Waals surface area (Å²) in [5.41, 5.74) is 3.14. The van der Waals surface area contributed by atoms with Crippen molar-refractivity contribution in [3.63, 3.8) is 0 Å². The summed E-state index contributed by atoms with van der Waals surface area (Å²) in [4.78, 5) is 0. The molecule has 1 atom stereocenters. The first-order valence-electron chi connectivity index (χ1n) is 6.21. The highest BCUT2D eigenvalue weighted by atomic mass is 14.2. The number of hydrogen-bond acceptors (Lipinski definition) is 0. The Bertz CT molecular complexity index is 243. The van der Waals surface area contributed by atoms with Crippen molar-refractivity contribution in [3.05, 3.63) is 29.2 Å². The molecule has 0 spiro atoms. The van der Waals surface area contributed by atoms with E-state index >= 15 is 0 Å². The van der Waals surface area contributed by atoms with Crippen molar-refractivity contribution in [1.82, 2.24) is 0 Å². The summed E-state index contributed by atoms with van der Waals surface area (Å²) < 4.78 is 0. The summed E-state index contributed by atoms with van der Waals surface area (Å²) >= 11 is 0. The van der Waals surface area contributed by atoms with Crippen molar-refractivity contribution in [1.29, 1.82) is 0 Å². The zero-order valence-electron chi connectivity index (χ0n) is 10.8. The molecule has 0 N–H and O–H groups in total. The molecular weight excluding hydrogens is 180 g/mol. The fourth-order valence-corrected chi connectivity index (χ4v) is 2.14. The molecule has 0 heteroatoms. The first kappa shape index (κ1) is 12.4. The predicted molar refractivity (Wildman–Crippen MR) is 68.7 cm³/mol. The lowest BCUT2D eigenvalue weighted by Gasteiger charge is -2.13. The fourth-order valence-electron chi connectivity index (χ4n) is 2.14. The van der Waals surface area contributed by atoms with Gasteiger partial charge in [-0.25, -0.2) is 0 Å². The van der Waals surface area contributed by atoms with E-state index in [1.807, 2.05) is 0 Å². The van der Waals surface area contributed by atoms with Gasteiger partial charge in [-0.05, 0) is 39.5 Å². The Labute approximate surface area is 95.5 Å². The van der Waals surface area contributed by atoms with E-state index in [1.54, 1.807) is 17.1 Å². The molecule has 0 unspecified atom stereocenters. The van der Waals surface area contributed by atoms with Crippen molar-refractivity contribution >= 4 is 0 Å². The van der Waals surface area contributed by atoms with E-state index in [9.17, 15) is 0 Å². The zero-order chi connectivity index (χ0) is 11.3. The van der Waals surface area contributed by atoms with Crippen LogP contribution in [0.4, 0.5) is 0 Å². The smallest absolute Gasteiger partial charge is 0.0853 e. The minimum atomic E-state index is 0.793. The van der Waals surface area contributed by atoms with E-state index in [-0.39, 0.29) is 0 Å². The first-order valence-corrected chi connectivity index (χ1v) is 6.21. The maximum atomic E-state index is 2.45. The molecule has 0 radical (unpaired) electrons. The maximum absolute atomic E-state index is 2.45. The van der Waals surface area contributed by atoms with Gasteiger partial charge in [-0.15, -0.1) is 0 Å². The highest BCUT2D eigenvalue weighted by molar-refractivity contribution is 5.08. The number of hydrogen-bond donors (Lipinski definition) is 0. The van der Waals surface area contributed by atoms with Gasteiger partial charge in [0.15, 0.2) is 0 Å². The molecule has 1 aliphatic rings. The fraction of sp³-hybridized carbons (Fsp3) is 0.667. The van der Waals surface area contributed by atoms with Crippen molar-refractivity contribution in [2.45, 2.75) is 59.8 Å². The average Bonchev–Trinajstić information content (AvgIpc) is 2.16. The van der Waals surface area contributed by atoms with Gasteiger partial charge in [0.25, 0.3) is 0 Å². The van der Waals surface area contributed by atoms with E-state index in [2.05, 4.69) is 39.8 Å². The largest absolute Gasteiger partial charge is 0.103 e. The Kier molecular flexibility index (Phi) is 5.01. The molecule has 0 bridgehead atoms. The lowest BCUT2D eigenvalue weighted by molar-refractivity contribution is 0.506. The second kappa shape index (κ2) is 6.05. The highest BCUT2D eigenvalue weighted by Crippen LogP contribution is 2.27. The third kappa shape index (κ3) is 4.59. The van der Waals surface area contributed by atoms with Crippen LogP contribution in [0, 0.1) is 11.8 Å². The lowest BCUT2D eigenvalue weighted by Crippen LogP contribution is -2.07. The molecule has 0 aromatic heterocycles. The normalized spacial score (nSPS) is 31.1. The molecule has 0 aromatic carbocycles. The number of rotatable bonds is 1. The van der Waals surface area contributed by atoms with Crippen molar-refractivity contribution in [3.8, 4) is 0 Å². The van der Waals surface area contributed by atoms with Gasteiger partial charge in [-0.2, -0.15) is 0 Å². The van der Waals surface area contributed by atoms with Crippen LogP contribution in [-0.2, 0) is 0 Å². The van der Waals surface area contributed by atoms with E-state index in [0.717, 1.165) is 5.92 Å². The Balaban J connectivity index is 2.66. The Morgan fingerprint density at radius 3 is 2.40 bits per heavy atom. The van der Waals surface area contributed by atoms with Crippen LogP contribution in [0.25, 0.3) is 0 Å². The van der Waals surface area contributed by atoms with Crippen molar-refractivity contribution < 1.29 is 0 Å². The first-order chi connectivity index (χ1) is 7.09. The van der Waals surface area contributed by atoms with Crippen molar-refractivity contribution in [2.24, 2.45) is 5.92 Å². The highest BCUT2D eigenvalue weighted by Gasteiger charge is 2.21. The zero-order valence-corrected chi connectivity index (χ0v) is 10.8. The third-order valence-corrected chi connectivity index (χ3v) is 3.49. The van der Waals surface area contributed by atoms with Crippen LogP contribution in [0.15, 0.2) is 23.3 Å². The quantitative estimate of drug-likeness (QED) is 0.414. The monoisotopic (exact) mass is 205 g/mol. The molecule has 0 fully saturated rings. The van der Waals surface area contributed by atoms with Gasteiger partial charge < -0.3 is 0 Å². The second-order valence-electron chi connectivity index (χ2n) is 5.19. The molecule has 0 nitrogen and oxygen atoms in total. The molecule has 84 valence electrons. The molecule has 0 amide bonds. The van der Waals surface area contributed by atoms with Crippen LogP contribution < -0.4 is 0 Å². The van der Waals surface area contributed by atoms with E-state index in [1.165, 1.54) is 32.1 Å². The average molecular weight is 205 g/mol. The minimum absolute atomic E-state index is 0.793. The second-order valence-corrected chi connectivity index (χ2v) is 5.19. The van der Waals surface area contributed by atoms with Gasteiger partial charge in [-0.3, -0.25) is 0 Å².